The Hall–Kier alpha value is -1.56. The Morgan fingerprint density at radius 2 is 2.00 bits per heavy atom. The van der Waals surface area contributed by atoms with Crippen LogP contribution >= 0.6 is 0 Å². The van der Waals surface area contributed by atoms with E-state index in [1.54, 1.807) is 0 Å². The smallest absolute Gasteiger partial charge is 0.352 e. The highest BCUT2D eigenvalue weighted by atomic mass is 19.4. The minimum Gasteiger partial charge on any atom is -0.352 e. The lowest BCUT2D eigenvalue weighted by Crippen LogP contribution is -2.29. The fraction of sp³-hybridized carbons (Fsp3) is 0.562. The Morgan fingerprint density at radius 1 is 1.32 bits per heavy atom. The van der Waals surface area contributed by atoms with Gasteiger partial charge in [0, 0.05) is 12.1 Å². The second kappa shape index (κ2) is 7.13. The molecular weight excluding hydrogens is 293 g/mol. The first-order chi connectivity index (χ1) is 10.4. The van der Waals surface area contributed by atoms with Crippen molar-refractivity contribution in [2.45, 2.75) is 38.3 Å². The van der Waals surface area contributed by atoms with Gasteiger partial charge in [0.25, 0.3) is 5.91 Å². The molecule has 1 aliphatic heterocycles. The van der Waals surface area contributed by atoms with Crippen molar-refractivity contribution >= 4 is 5.91 Å². The second-order valence-electron chi connectivity index (χ2n) is 5.58. The summed E-state index contributed by atoms with van der Waals surface area (Å²) >= 11 is 0. The predicted molar refractivity (Wildman–Crippen MR) is 78.9 cm³/mol. The molecule has 0 spiro atoms. The molecule has 2 N–H and O–H groups in total. The van der Waals surface area contributed by atoms with Gasteiger partial charge in [-0.2, -0.15) is 13.2 Å². The van der Waals surface area contributed by atoms with Crippen molar-refractivity contribution in [3.8, 4) is 0 Å². The zero-order valence-electron chi connectivity index (χ0n) is 12.6. The zero-order valence-corrected chi connectivity index (χ0v) is 12.6. The van der Waals surface area contributed by atoms with E-state index in [9.17, 15) is 18.0 Å². The van der Waals surface area contributed by atoms with E-state index in [0.29, 0.717) is 38.0 Å². The van der Waals surface area contributed by atoms with Gasteiger partial charge in [-0.05, 0) is 62.0 Å². The molecule has 0 bridgehead atoms. The van der Waals surface area contributed by atoms with Gasteiger partial charge < -0.3 is 10.6 Å². The van der Waals surface area contributed by atoms with E-state index in [4.69, 9.17) is 0 Å². The Kier molecular flexibility index (Phi) is 5.45. The summed E-state index contributed by atoms with van der Waals surface area (Å²) in [6, 6.07) is 3.72. The van der Waals surface area contributed by atoms with E-state index in [1.807, 2.05) is 6.92 Å². The van der Waals surface area contributed by atoms with E-state index < -0.39 is 11.7 Å². The summed E-state index contributed by atoms with van der Waals surface area (Å²) in [6.07, 6.45) is -2.29. The van der Waals surface area contributed by atoms with Crippen LogP contribution in [-0.2, 0) is 6.18 Å². The Labute approximate surface area is 128 Å². The number of alkyl halides is 3. The van der Waals surface area contributed by atoms with Gasteiger partial charge in [0.1, 0.15) is 0 Å². The van der Waals surface area contributed by atoms with Crippen molar-refractivity contribution in [2.75, 3.05) is 19.6 Å². The molecule has 0 saturated carbocycles. The van der Waals surface area contributed by atoms with Gasteiger partial charge >= 0.3 is 6.18 Å². The highest BCUT2D eigenvalue weighted by Gasteiger charge is 2.35. The maximum Gasteiger partial charge on any atom is 0.416 e. The lowest BCUT2D eigenvalue weighted by molar-refractivity contribution is -0.138. The second-order valence-corrected chi connectivity index (χ2v) is 5.58. The van der Waals surface area contributed by atoms with Crippen molar-refractivity contribution in [3.05, 3.63) is 34.9 Å². The molecular formula is C16H21F3N2O. The minimum absolute atomic E-state index is 0.156. The third-order valence-electron chi connectivity index (χ3n) is 3.93. The Morgan fingerprint density at radius 3 is 2.59 bits per heavy atom. The van der Waals surface area contributed by atoms with Crippen LogP contribution in [0.4, 0.5) is 13.2 Å². The summed E-state index contributed by atoms with van der Waals surface area (Å²) in [7, 11) is 0. The molecule has 0 radical (unpaired) electrons. The molecule has 1 fully saturated rings. The van der Waals surface area contributed by atoms with E-state index in [0.717, 1.165) is 12.5 Å². The van der Waals surface area contributed by atoms with Crippen LogP contribution in [0.1, 0.15) is 53.6 Å². The normalized spacial score (nSPS) is 16.5. The Bertz CT molecular complexity index is 523. The number of carbonyl (C=O) groups excluding carboxylic acids is 1. The quantitative estimate of drug-likeness (QED) is 0.895. The number of amides is 1. The third kappa shape index (κ3) is 4.00. The van der Waals surface area contributed by atoms with Crippen LogP contribution < -0.4 is 10.6 Å². The van der Waals surface area contributed by atoms with Crippen molar-refractivity contribution in [3.63, 3.8) is 0 Å². The average molecular weight is 314 g/mol. The molecule has 1 aromatic rings. The minimum atomic E-state index is -4.39. The van der Waals surface area contributed by atoms with Crippen molar-refractivity contribution in [1.82, 2.24) is 10.6 Å². The Balaban J connectivity index is 2.34. The van der Waals surface area contributed by atoms with Gasteiger partial charge in [0.2, 0.25) is 0 Å². The van der Waals surface area contributed by atoms with Gasteiger partial charge in [-0.1, -0.05) is 6.92 Å². The van der Waals surface area contributed by atoms with Gasteiger partial charge in [-0.3, -0.25) is 4.79 Å². The van der Waals surface area contributed by atoms with Crippen LogP contribution in [0.15, 0.2) is 18.2 Å². The highest BCUT2D eigenvalue weighted by Crippen LogP contribution is 2.38. The maximum absolute atomic E-state index is 13.2. The molecule has 0 aliphatic carbocycles. The summed E-state index contributed by atoms with van der Waals surface area (Å²) in [5, 5.41) is 5.85. The van der Waals surface area contributed by atoms with Gasteiger partial charge in [-0.25, -0.2) is 0 Å². The molecule has 3 nitrogen and oxygen atoms in total. The van der Waals surface area contributed by atoms with Crippen LogP contribution in [-0.4, -0.2) is 25.5 Å². The first-order valence-corrected chi connectivity index (χ1v) is 7.63. The average Bonchev–Trinajstić information content (AvgIpc) is 2.52. The molecule has 1 saturated heterocycles. The van der Waals surface area contributed by atoms with Gasteiger partial charge in [0.05, 0.1) is 5.56 Å². The molecule has 22 heavy (non-hydrogen) atoms. The number of halogens is 3. The van der Waals surface area contributed by atoms with Crippen LogP contribution in [0.2, 0.25) is 0 Å². The first kappa shape index (κ1) is 16.8. The maximum atomic E-state index is 13.2. The molecule has 0 aromatic heterocycles. The molecule has 1 aromatic carbocycles. The standard InChI is InChI=1S/C16H21F3N2O/c1-2-7-21-15(22)12-3-4-14(16(17,18)19)13(10-12)11-5-8-20-9-6-11/h3-4,10-11,20H,2,5-9H2,1H3,(H,21,22). The van der Waals surface area contributed by atoms with E-state index in [2.05, 4.69) is 10.6 Å². The number of carbonyl (C=O) groups is 1. The first-order valence-electron chi connectivity index (χ1n) is 7.63. The molecule has 1 aliphatic rings. The molecule has 0 unspecified atom stereocenters. The molecule has 1 amide bonds. The van der Waals surface area contributed by atoms with Crippen LogP contribution in [0.5, 0.6) is 0 Å². The largest absolute Gasteiger partial charge is 0.416 e. The molecule has 6 heteroatoms. The summed E-state index contributed by atoms with van der Waals surface area (Å²) in [4.78, 5) is 12.0. The molecule has 122 valence electrons. The number of hydrogen-bond acceptors (Lipinski definition) is 2. The predicted octanol–water partition coefficient (Wildman–Crippen LogP) is 3.31. The number of piperidine rings is 1. The van der Waals surface area contributed by atoms with E-state index in [-0.39, 0.29) is 17.4 Å². The summed E-state index contributed by atoms with van der Waals surface area (Å²) in [5.41, 5.74) is -0.0698. The monoisotopic (exact) mass is 314 g/mol. The SMILES string of the molecule is CCCNC(=O)c1ccc(C(F)(F)F)c(C2CCNCC2)c1. The lowest BCUT2D eigenvalue weighted by Gasteiger charge is -2.26. The summed E-state index contributed by atoms with van der Waals surface area (Å²) in [5.74, 6) is -0.470. The number of benzene rings is 1. The van der Waals surface area contributed by atoms with E-state index >= 15 is 0 Å². The van der Waals surface area contributed by atoms with Gasteiger partial charge in [-0.15, -0.1) is 0 Å². The van der Waals surface area contributed by atoms with Crippen molar-refractivity contribution in [1.29, 1.82) is 0 Å². The number of rotatable bonds is 4. The molecule has 0 atom stereocenters. The fourth-order valence-corrected chi connectivity index (χ4v) is 2.77. The molecule has 1 heterocycles. The van der Waals surface area contributed by atoms with Crippen LogP contribution in [0.25, 0.3) is 0 Å². The van der Waals surface area contributed by atoms with Crippen molar-refractivity contribution < 1.29 is 18.0 Å². The van der Waals surface area contributed by atoms with Crippen LogP contribution in [0, 0.1) is 0 Å². The lowest BCUT2D eigenvalue weighted by atomic mass is 9.85. The summed E-state index contributed by atoms with van der Waals surface area (Å²) in [6.45, 7) is 3.85. The van der Waals surface area contributed by atoms with Gasteiger partial charge in [0.15, 0.2) is 0 Å². The van der Waals surface area contributed by atoms with Crippen LogP contribution in [0.3, 0.4) is 0 Å². The number of hydrogen-bond donors (Lipinski definition) is 2. The number of nitrogens with one attached hydrogen (secondary N) is 2. The molecule has 2 rings (SSSR count). The zero-order chi connectivity index (χ0) is 16.2. The van der Waals surface area contributed by atoms with E-state index in [1.165, 1.54) is 12.1 Å². The van der Waals surface area contributed by atoms with Crippen molar-refractivity contribution in [2.24, 2.45) is 0 Å². The summed E-state index contributed by atoms with van der Waals surface area (Å²) < 4.78 is 39.7. The topological polar surface area (TPSA) is 41.1 Å². The highest BCUT2D eigenvalue weighted by molar-refractivity contribution is 5.94. The fourth-order valence-electron chi connectivity index (χ4n) is 2.77. The third-order valence-corrected chi connectivity index (χ3v) is 3.93.